The van der Waals surface area contributed by atoms with Crippen LogP contribution in [0, 0.1) is 6.92 Å². The van der Waals surface area contributed by atoms with E-state index in [4.69, 9.17) is 4.74 Å². The lowest BCUT2D eigenvalue weighted by Gasteiger charge is -2.12. The summed E-state index contributed by atoms with van der Waals surface area (Å²) in [6.07, 6.45) is 0. The van der Waals surface area contributed by atoms with E-state index in [0.717, 1.165) is 25.6 Å². The lowest BCUT2D eigenvalue weighted by Crippen LogP contribution is -2.18. The van der Waals surface area contributed by atoms with E-state index < -0.39 is 32.6 Å². The second kappa shape index (κ2) is 9.60. The van der Waals surface area contributed by atoms with Crippen LogP contribution in [0.25, 0.3) is 0 Å². The Morgan fingerprint density at radius 1 is 1.25 bits per heavy atom. The Morgan fingerprint density at radius 2 is 1.86 bits per heavy atom. The van der Waals surface area contributed by atoms with Gasteiger partial charge in [-0.1, -0.05) is 24.9 Å². The van der Waals surface area contributed by atoms with Crippen LogP contribution in [0.4, 0.5) is 14.6 Å². The van der Waals surface area contributed by atoms with E-state index in [9.17, 15) is 22.0 Å². The predicted octanol–water partition coefficient (Wildman–Crippen LogP) is 3.94. The van der Waals surface area contributed by atoms with Crippen LogP contribution < -0.4 is 4.72 Å². The Bertz CT molecular complexity index is 969. The molecule has 0 saturated carbocycles. The fourth-order valence-electron chi connectivity index (χ4n) is 1.58. The molecule has 0 unspecified atom stereocenters. The molecule has 7 nitrogen and oxygen atoms in total. The molecule has 11 heteroatoms. The minimum atomic E-state index is -4.25. The zero-order valence-electron chi connectivity index (χ0n) is 15.5. The minimum Gasteiger partial charge on any atom is -0.441 e. The van der Waals surface area contributed by atoms with Gasteiger partial charge in [0.1, 0.15) is 11.6 Å². The molecule has 0 aliphatic carbocycles. The van der Waals surface area contributed by atoms with Gasteiger partial charge in [0.15, 0.2) is 22.5 Å². The number of sulfonamides is 1. The van der Waals surface area contributed by atoms with Crippen molar-refractivity contribution < 1.29 is 26.7 Å². The van der Waals surface area contributed by atoms with Crippen LogP contribution in [0.3, 0.4) is 0 Å². The summed E-state index contributed by atoms with van der Waals surface area (Å²) in [7, 11) is -4.25. The van der Waals surface area contributed by atoms with Crippen molar-refractivity contribution in [1.82, 2.24) is 9.97 Å². The third-order valence-corrected chi connectivity index (χ3v) is 5.08. The topological polar surface area (TPSA) is 98.2 Å². The van der Waals surface area contributed by atoms with Crippen LogP contribution in [0.1, 0.15) is 19.5 Å². The first-order valence-corrected chi connectivity index (χ1v) is 10.1. The molecule has 0 aromatic carbocycles. The van der Waals surface area contributed by atoms with Crippen LogP contribution in [-0.4, -0.2) is 29.9 Å². The summed E-state index contributed by atoms with van der Waals surface area (Å²) < 4.78 is 57.8. The maximum Gasteiger partial charge on any atom is 0.295 e. The van der Waals surface area contributed by atoms with Crippen molar-refractivity contribution in [3.8, 4) is 0 Å². The molecule has 152 valence electrons. The molecule has 0 fully saturated rings. The highest BCUT2D eigenvalue weighted by molar-refractivity contribution is 7.99. The Kier molecular flexibility index (Phi) is 8.06. The van der Waals surface area contributed by atoms with Crippen molar-refractivity contribution in [3.63, 3.8) is 0 Å². The average Bonchev–Trinajstić information content (AvgIpc) is 2.57. The fourth-order valence-corrected chi connectivity index (χ4v) is 3.08. The van der Waals surface area contributed by atoms with Crippen molar-refractivity contribution in [3.05, 3.63) is 59.6 Å². The molecular formula is C17H19F2N3O4S2. The maximum atomic E-state index is 13.5. The smallest absolute Gasteiger partial charge is 0.295 e. The number of hydrogen-bond donors (Lipinski definition) is 1. The molecule has 1 rings (SSSR count). The Labute approximate surface area is 166 Å². The first-order valence-electron chi connectivity index (χ1n) is 7.61. The number of hydrogen-bond acceptors (Lipinski definition) is 7. The number of carbonyl (C=O) groups excluding carboxylic acids is 1. The second-order valence-corrected chi connectivity index (χ2v) is 8.08. The van der Waals surface area contributed by atoms with Gasteiger partial charge in [0.05, 0.1) is 0 Å². The number of Topliss-reactive ketones (excluding diaryl/α,β-unsaturated/α-hetero) is 1. The molecule has 1 heterocycles. The molecular weight excluding hydrogens is 412 g/mol. The molecule has 0 saturated heterocycles. The maximum absolute atomic E-state index is 13.5. The normalized spacial score (nSPS) is 12.0. The number of anilines is 1. The van der Waals surface area contributed by atoms with Gasteiger partial charge in [0.2, 0.25) is 5.09 Å². The highest BCUT2D eigenvalue weighted by atomic mass is 32.2. The first-order chi connectivity index (χ1) is 12.8. The van der Waals surface area contributed by atoms with Crippen molar-refractivity contribution in [1.29, 1.82) is 0 Å². The van der Waals surface area contributed by atoms with Gasteiger partial charge in [-0.3, -0.25) is 9.52 Å². The monoisotopic (exact) mass is 431 g/mol. The molecule has 0 aliphatic heterocycles. The van der Waals surface area contributed by atoms with Crippen LogP contribution in [0.15, 0.2) is 59.0 Å². The number of allylic oxidation sites excluding steroid dienone is 3. The van der Waals surface area contributed by atoms with E-state index >= 15 is 0 Å². The Hall–Kier alpha value is -2.53. The van der Waals surface area contributed by atoms with E-state index in [-0.39, 0.29) is 28.1 Å². The summed E-state index contributed by atoms with van der Waals surface area (Å²) in [5, 5.41) is -0.625. The molecule has 0 spiro atoms. The van der Waals surface area contributed by atoms with Crippen molar-refractivity contribution in [2.24, 2.45) is 0 Å². The highest BCUT2D eigenvalue weighted by Gasteiger charge is 2.21. The molecule has 0 aliphatic rings. The SMILES string of the molecule is C=C(OC(=C)S(=O)(=O)Nc1cc(C)nc(SCC(=C)/C(F)=C(\C)F)n1)C(C)=O. The van der Waals surface area contributed by atoms with E-state index in [1.54, 1.807) is 6.92 Å². The number of thioether (sulfide) groups is 1. The third kappa shape index (κ3) is 6.89. The number of halogens is 2. The van der Waals surface area contributed by atoms with Gasteiger partial charge in [-0.25, -0.2) is 18.7 Å². The average molecular weight is 431 g/mol. The summed E-state index contributed by atoms with van der Waals surface area (Å²) in [5.41, 5.74) is 0.319. The summed E-state index contributed by atoms with van der Waals surface area (Å²) in [5.74, 6) is -3.14. The van der Waals surface area contributed by atoms with Crippen molar-refractivity contribution in [2.45, 2.75) is 25.9 Å². The molecule has 28 heavy (non-hydrogen) atoms. The van der Waals surface area contributed by atoms with Gasteiger partial charge in [-0.05, 0) is 26.0 Å². The van der Waals surface area contributed by atoms with Crippen molar-refractivity contribution >= 4 is 33.4 Å². The summed E-state index contributed by atoms with van der Waals surface area (Å²) in [6, 6.07) is 1.34. The van der Waals surface area contributed by atoms with Crippen LogP contribution >= 0.6 is 11.8 Å². The van der Waals surface area contributed by atoms with Crippen molar-refractivity contribution in [2.75, 3.05) is 10.5 Å². The number of nitrogens with one attached hydrogen (secondary N) is 1. The van der Waals surface area contributed by atoms with Crippen LogP contribution in [0.2, 0.25) is 0 Å². The number of rotatable bonds is 10. The minimum absolute atomic E-state index is 0.0447. The summed E-state index contributed by atoms with van der Waals surface area (Å²) >= 11 is 0.942. The highest BCUT2D eigenvalue weighted by Crippen LogP contribution is 2.25. The molecule has 0 amide bonds. The van der Waals surface area contributed by atoms with E-state index in [2.05, 4.69) is 34.4 Å². The summed E-state index contributed by atoms with van der Waals surface area (Å²) in [4.78, 5) is 19.2. The van der Waals surface area contributed by atoms with Gasteiger partial charge in [0.25, 0.3) is 10.0 Å². The zero-order valence-corrected chi connectivity index (χ0v) is 17.1. The lowest BCUT2D eigenvalue weighted by atomic mass is 10.3. The van der Waals surface area contributed by atoms with Gasteiger partial charge in [0, 0.05) is 24.4 Å². The molecule has 0 bridgehead atoms. The molecule has 0 radical (unpaired) electrons. The Balaban J connectivity index is 2.94. The molecule has 0 atom stereocenters. The van der Waals surface area contributed by atoms with Gasteiger partial charge >= 0.3 is 0 Å². The van der Waals surface area contributed by atoms with E-state index in [0.29, 0.717) is 5.69 Å². The van der Waals surface area contributed by atoms with Gasteiger partial charge < -0.3 is 4.74 Å². The second-order valence-electron chi connectivity index (χ2n) is 5.48. The van der Waals surface area contributed by atoms with E-state index in [1.807, 2.05) is 0 Å². The quantitative estimate of drug-likeness (QED) is 0.197. The zero-order chi connectivity index (χ0) is 21.6. The van der Waals surface area contributed by atoms with E-state index in [1.165, 1.54) is 6.07 Å². The number of aryl methyl sites for hydroxylation is 1. The number of nitrogens with zero attached hydrogens (tertiary/aromatic N) is 2. The number of ether oxygens (including phenoxy) is 1. The largest absolute Gasteiger partial charge is 0.441 e. The number of carbonyl (C=O) groups is 1. The van der Waals surface area contributed by atoms with Crippen LogP contribution in [-0.2, 0) is 19.6 Å². The van der Waals surface area contributed by atoms with Crippen LogP contribution in [0.5, 0.6) is 0 Å². The first kappa shape index (κ1) is 23.5. The standard InChI is InChI=1S/C17H19F2N3O4S2/c1-9(16(19)11(3)18)8-27-17-20-10(2)7-15(21-17)22-28(24,25)14(6)26-13(5)12(4)23/h7H,1,5-6,8H2,2-4H3,(H,20,21,22)/b16-11-. The molecule has 1 aromatic heterocycles. The number of ketones is 1. The third-order valence-electron chi connectivity index (χ3n) is 2.99. The molecule has 1 aromatic rings. The molecule has 1 N–H and O–H groups in total. The number of aromatic nitrogens is 2. The lowest BCUT2D eigenvalue weighted by molar-refractivity contribution is -0.116. The fraction of sp³-hybridized carbons (Fsp3) is 0.235. The van der Waals surface area contributed by atoms with Gasteiger partial charge in [-0.15, -0.1) is 0 Å². The predicted molar refractivity (Wildman–Crippen MR) is 104 cm³/mol. The van der Waals surface area contributed by atoms with Gasteiger partial charge in [-0.2, -0.15) is 8.42 Å². The summed E-state index contributed by atoms with van der Waals surface area (Å²) in [6.45, 7) is 13.7. The Morgan fingerprint density at radius 3 is 2.39 bits per heavy atom.